The van der Waals surface area contributed by atoms with Gasteiger partial charge in [0.2, 0.25) is 5.91 Å². The van der Waals surface area contributed by atoms with Crippen LogP contribution in [0, 0.1) is 5.92 Å². The molecular weight excluding hydrogens is 212 g/mol. The SMILES string of the molecule is CCCCCCNC(=O)CN1CCC(C)CC1. The molecule has 1 aliphatic heterocycles. The molecule has 0 radical (unpaired) electrons. The van der Waals surface area contributed by atoms with Crippen LogP contribution in [0.25, 0.3) is 0 Å². The lowest BCUT2D eigenvalue weighted by atomic mass is 9.99. The molecule has 3 heteroatoms. The Hall–Kier alpha value is -0.570. The van der Waals surface area contributed by atoms with E-state index in [4.69, 9.17) is 0 Å². The zero-order chi connectivity index (χ0) is 12.5. The molecule has 0 saturated carbocycles. The molecule has 0 bridgehead atoms. The van der Waals surface area contributed by atoms with Gasteiger partial charge in [-0.3, -0.25) is 9.69 Å². The van der Waals surface area contributed by atoms with Crippen molar-refractivity contribution in [3.8, 4) is 0 Å². The minimum atomic E-state index is 0.205. The Morgan fingerprint density at radius 2 is 1.94 bits per heavy atom. The molecule has 0 aromatic heterocycles. The molecule has 0 unspecified atom stereocenters. The van der Waals surface area contributed by atoms with Crippen LogP contribution < -0.4 is 5.32 Å². The maximum atomic E-state index is 11.7. The number of carbonyl (C=O) groups is 1. The fourth-order valence-corrected chi connectivity index (χ4v) is 2.26. The van der Waals surface area contributed by atoms with Crippen molar-refractivity contribution in [1.82, 2.24) is 10.2 Å². The van der Waals surface area contributed by atoms with Crippen LogP contribution in [0.5, 0.6) is 0 Å². The van der Waals surface area contributed by atoms with Gasteiger partial charge in [-0.2, -0.15) is 0 Å². The summed E-state index contributed by atoms with van der Waals surface area (Å²) in [7, 11) is 0. The molecule has 1 fully saturated rings. The van der Waals surface area contributed by atoms with Crippen molar-refractivity contribution in [2.75, 3.05) is 26.2 Å². The van der Waals surface area contributed by atoms with Gasteiger partial charge in [-0.15, -0.1) is 0 Å². The predicted molar refractivity (Wildman–Crippen MR) is 72.0 cm³/mol. The lowest BCUT2D eigenvalue weighted by Gasteiger charge is -2.29. The van der Waals surface area contributed by atoms with Crippen LogP contribution in [-0.4, -0.2) is 37.0 Å². The number of unbranched alkanes of at least 4 members (excludes halogenated alkanes) is 3. The summed E-state index contributed by atoms with van der Waals surface area (Å²) >= 11 is 0. The summed E-state index contributed by atoms with van der Waals surface area (Å²) in [6, 6.07) is 0. The van der Waals surface area contributed by atoms with Gasteiger partial charge in [0.15, 0.2) is 0 Å². The van der Waals surface area contributed by atoms with Crippen molar-refractivity contribution < 1.29 is 4.79 Å². The highest BCUT2D eigenvalue weighted by Gasteiger charge is 2.17. The first-order chi connectivity index (χ1) is 8.22. The number of hydrogen-bond acceptors (Lipinski definition) is 2. The standard InChI is InChI=1S/C14H28N2O/c1-3-4-5-6-9-15-14(17)12-16-10-7-13(2)8-11-16/h13H,3-12H2,1-2H3,(H,15,17). The summed E-state index contributed by atoms with van der Waals surface area (Å²) in [4.78, 5) is 14.0. The summed E-state index contributed by atoms with van der Waals surface area (Å²) < 4.78 is 0. The summed E-state index contributed by atoms with van der Waals surface area (Å²) in [6.45, 7) is 8.12. The van der Waals surface area contributed by atoms with Crippen molar-refractivity contribution in [2.24, 2.45) is 5.92 Å². The Kier molecular flexibility index (Phi) is 7.25. The van der Waals surface area contributed by atoms with Crippen molar-refractivity contribution in [1.29, 1.82) is 0 Å². The van der Waals surface area contributed by atoms with Crippen LogP contribution in [0.3, 0.4) is 0 Å². The first-order valence-electron chi connectivity index (χ1n) is 7.21. The van der Waals surface area contributed by atoms with Crippen LogP contribution in [0.2, 0.25) is 0 Å². The van der Waals surface area contributed by atoms with Gasteiger partial charge >= 0.3 is 0 Å². The third-order valence-corrected chi connectivity index (χ3v) is 3.60. The molecule has 0 spiro atoms. The molecule has 1 N–H and O–H groups in total. The molecule has 1 saturated heterocycles. The van der Waals surface area contributed by atoms with Gasteiger partial charge in [0, 0.05) is 6.54 Å². The van der Waals surface area contributed by atoms with E-state index in [0.717, 1.165) is 32.0 Å². The summed E-state index contributed by atoms with van der Waals surface area (Å²) in [5, 5.41) is 3.02. The van der Waals surface area contributed by atoms with Gasteiger partial charge in [-0.1, -0.05) is 33.1 Å². The molecule has 0 aromatic carbocycles. The van der Waals surface area contributed by atoms with Gasteiger partial charge in [-0.25, -0.2) is 0 Å². The highest BCUT2D eigenvalue weighted by Crippen LogP contribution is 2.15. The van der Waals surface area contributed by atoms with Gasteiger partial charge in [-0.05, 0) is 38.3 Å². The van der Waals surface area contributed by atoms with E-state index in [0.29, 0.717) is 6.54 Å². The normalized spacial score (nSPS) is 18.2. The second-order valence-corrected chi connectivity index (χ2v) is 5.37. The monoisotopic (exact) mass is 240 g/mol. The molecule has 3 nitrogen and oxygen atoms in total. The van der Waals surface area contributed by atoms with Crippen LogP contribution in [-0.2, 0) is 4.79 Å². The van der Waals surface area contributed by atoms with Crippen molar-refractivity contribution >= 4 is 5.91 Å². The number of nitrogens with zero attached hydrogens (tertiary/aromatic N) is 1. The molecule has 17 heavy (non-hydrogen) atoms. The zero-order valence-electron chi connectivity index (χ0n) is 11.5. The topological polar surface area (TPSA) is 32.3 Å². The Morgan fingerprint density at radius 3 is 2.59 bits per heavy atom. The maximum Gasteiger partial charge on any atom is 0.234 e. The summed E-state index contributed by atoms with van der Waals surface area (Å²) in [5.41, 5.74) is 0. The number of piperidine rings is 1. The highest BCUT2D eigenvalue weighted by molar-refractivity contribution is 5.77. The molecular formula is C14H28N2O. The molecule has 1 aliphatic rings. The number of amides is 1. The van der Waals surface area contributed by atoms with Crippen molar-refractivity contribution in [2.45, 2.75) is 52.4 Å². The van der Waals surface area contributed by atoms with Crippen molar-refractivity contribution in [3.63, 3.8) is 0 Å². The van der Waals surface area contributed by atoms with E-state index in [1.807, 2.05) is 0 Å². The van der Waals surface area contributed by atoms with Crippen LogP contribution in [0.4, 0.5) is 0 Å². The van der Waals surface area contributed by atoms with Crippen molar-refractivity contribution in [3.05, 3.63) is 0 Å². The number of likely N-dealkylation sites (tertiary alicyclic amines) is 1. The quantitative estimate of drug-likeness (QED) is 0.693. The van der Waals surface area contributed by atoms with Crippen LogP contribution >= 0.6 is 0 Å². The maximum absolute atomic E-state index is 11.7. The molecule has 100 valence electrons. The van der Waals surface area contributed by atoms with E-state index in [-0.39, 0.29) is 5.91 Å². The largest absolute Gasteiger partial charge is 0.355 e. The average molecular weight is 240 g/mol. The first kappa shape index (κ1) is 14.5. The second-order valence-electron chi connectivity index (χ2n) is 5.37. The van der Waals surface area contributed by atoms with E-state index >= 15 is 0 Å². The Balaban J connectivity index is 2.00. The van der Waals surface area contributed by atoms with E-state index in [9.17, 15) is 4.79 Å². The predicted octanol–water partition coefficient (Wildman–Crippen LogP) is 2.41. The molecule has 1 rings (SSSR count). The van der Waals surface area contributed by atoms with E-state index in [2.05, 4.69) is 24.1 Å². The smallest absolute Gasteiger partial charge is 0.234 e. The molecule has 0 atom stereocenters. The van der Waals surface area contributed by atoms with Gasteiger partial charge < -0.3 is 5.32 Å². The molecule has 1 amide bonds. The van der Waals surface area contributed by atoms with E-state index < -0.39 is 0 Å². The zero-order valence-corrected chi connectivity index (χ0v) is 11.5. The molecule has 0 aliphatic carbocycles. The van der Waals surface area contributed by atoms with Gasteiger partial charge in [0.25, 0.3) is 0 Å². The number of nitrogens with one attached hydrogen (secondary N) is 1. The lowest BCUT2D eigenvalue weighted by Crippen LogP contribution is -2.41. The van der Waals surface area contributed by atoms with Crippen LogP contribution in [0.15, 0.2) is 0 Å². The molecule has 0 aromatic rings. The lowest BCUT2D eigenvalue weighted by molar-refractivity contribution is -0.122. The second kappa shape index (κ2) is 8.51. The Bertz CT molecular complexity index is 210. The minimum absolute atomic E-state index is 0.205. The molecule has 1 heterocycles. The Morgan fingerprint density at radius 1 is 1.24 bits per heavy atom. The fourth-order valence-electron chi connectivity index (χ4n) is 2.26. The van der Waals surface area contributed by atoms with Crippen LogP contribution in [0.1, 0.15) is 52.4 Å². The Labute approximate surface area is 106 Å². The highest BCUT2D eigenvalue weighted by atomic mass is 16.2. The fraction of sp³-hybridized carbons (Fsp3) is 0.929. The minimum Gasteiger partial charge on any atom is -0.355 e. The third kappa shape index (κ3) is 6.67. The number of hydrogen-bond donors (Lipinski definition) is 1. The van der Waals surface area contributed by atoms with Gasteiger partial charge in [0.05, 0.1) is 6.54 Å². The summed E-state index contributed by atoms with van der Waals surface area (Å²) in [6.07, 6.45) is 7.36. The van der Waals surface area contributed by atoms with E-state index in [1.54, 1.807) is 0 Å². The average Bonchev–Trinajstić information content (AvgIpc) is 2.32. The van der Waals surface area contributed by atoms with E-state index in [1.165, 1.54) is 32.1 Å². The van der Waals surface area contributed by atoms with Gasteiger partial charge in [0.1, 0.15) is 0 Å². The third-order valence-electron chi connectivity index (χ3n) is 3.60. The number of rotatable bonds is 7. The first-order valence-corrected chi connectivity index (χ1v) is 7.21. The summed E-state index contributed by atoms with van der Waals surface area (Å²) in [5.74, 6) is 1.04. The number of carbonyl (C=O) groups excluding carboxylic acids is 1.